The number of halogens is 1. The van der Waals surface area contributed by atoms with Gasteiger partial charge >= 0.3 is 0 Å². The topological polar surface area (TPSA) is 21.3 Å². The van der Waals surface area contributed by atoms with E-state index in [9.17, 15) is 0 Å². The summed E-state index contributed by atoms with van der Waals surface area (Å²) in [5, 5.41) is 3.52. The molecule has 1 atom stereocenters. The minimum absolute atomic E-state index is 0.328. The van der Waals surface area contributed by atoms with Crippen LogP contribution in [0.25, 0.3) is 0 Å². The van der Waals surface area contributed by atoms with Crippen LogP contribution in [0.3, 0.4) is 0 Å². The molecule has 2 nitrogen and oxygen atoms in total. The van der Waals surface area contributed by atoms with Crippen molar-refractivity contribution in [2.45, 2.75) is 44.9 Å². The van der Waals surface area contributed by atoms with E-state index in [0.29, 0.717) is 12.7 Å². The second-order valence-electron chi connectivity index (χ2n) is 4.65. The van der Waals surface area contributed by atoms with Crippen molar-refractivity contribution in [1.82, 2.24) is 5.32 Å². The third-order valence-electron chi connectivity index (χ3n) is 3.04. The van der Waals surface area contributed by atoms with E-state index in [2.05, 4.69) is 40.3 Å². The smallest absolute Gasteiger partial charge is 0.0721 e. The number of benzene rings is 1. The molecule has 3 heteroatoms. The molecule has 1 aromatic carbocycles. The van der Waals surface area contributed by atoms with Crippen LogP contribution in [-0.2, 0) is 11.3 Å². The van der Waals surface area contributed by atoms with E-state index >= 15 is 0 Å². The molecule has 1 aliphatic carbocycles. The molecule has 0 aliphatic heterocycles. The van der Waals surface area contributed by atoms with Crippen molar-refractivity contribution in [1.29, 1.82) is 0 Å². The summed E-state index contributed by atoms with van der Waals surface area (Å²) in [6.07, 6.45) is 4.06. The molecule has 0 amide bonds. The maximum Gasteiger partial charge on any atom is 0.0721 e. The number of nitrogens with one attached hydrogen (secondary N) is 1. The number of ether oxygens (including phenoxy) is 1. The van der Waals surface area contributed by atoms with Crippen LogP contribution in [0.4, 0.5) is 0 Å². The predicted octanol–water partition coefficient (Wildman–Crippen LogP) is 3.50. The highest BCUT2D eigenvalue weighted by molar-refractivity contribution is 9.10. The van der Waals surface area contributed by atoms with Crippen molar-refractivity contribution in [2.75, 3.05) is 6.54 Å². The van der Waals surface area contributed by atoms with E-state index < -0.39 is 0 Å². The van der Waals surface area contributed by atoms with Gasteiger partial charge in [0.05, 0.1) is 12.7 Å². The molecule has 0 heterocycles. The Morgan fingerprint density at radius 3 is 2.94 bits per heavy atom. The van der Waals surface area contributed by atoms with Crippen molar-refractivity contribution in [2.24, 2.45) is 0 Å². The average Bonchev–Trinajstić information content (AvgIpc) is 3.13. The zero-order valence-electron chi connectivity index (χ0n) is 10.3. The molecular weight excluding hydrogens is 278 g/mol. The molecule has 0 spiro atoms. The Labute approximate surface area is 112 Å². The van der Waals surface area contributed by atoms with Crippen molar-refractivity contribution >= 4 is 15.9 Å². The predicted molar refractivity (Wildman–Crippen MR) is 74.0 cm³/mol. The van der Waals surface area contributed by atoms with E-state index in [0.717, 1.165) is 23.5 Å². The molecule has 0 saturated heterocycles. The molecule has 1 fully saturated rings. The minimum atomic E-state index is 0.328. The molecule has 0 aromatic heterocycles. The largest absolute Gasteiger partial charge is 0.372 e. The fourth-order valence-corrected chi connectivity index (χ4v) is 2.19. The fraction of sp³-hybridized carbons (Fsp3) is 0.571. The summed E-state index contributed by atoms with van der Waals surface area (Å²) >= 11 is 3.48. The Morgan fingerprint density at radius 1 is 1.47 bits per heavy atom. The Hall–Kier alpha value is -0.380. The quantitative estimate of drug-likeness (QED) is 0.832. The van der Waals surface area contributed by atoms with Crippen LogP contribution in [0.15, 0.2) is 28.7 Å². The Morgan fingerprint density at radius 2 is 2.29 bits per heavy atom. The molecule has 1 unspecified atom stereocenters. The van der Waals surface area contributed by atoms with Crippen molar-refractivity contribution in [3.8, 4) is 0 Å². The Kier molecular flexibility index (Phi) is 5.01. The summed E-state index contributed by atoms with van der Waals surface area (Å²) in [5.41, 5.74) is 1.23. The molecule has 17 heavy (non-hydrogen) atoms. The van der Waals surface area contributed by atoms with Crippen molar-refractivity contribution < 1.29 is 4.74 Å². The van der Waals surface area contributed by atoms with E-state index in [1.165, 1.54) is 18.4 Å². The van der Waals surface area contributed by atoms with Crippen LogP contribution < -0.4 is 5.32 Å². The van der Waals surface area contributed by atoms with Crippen molar-refractivity contribution in [3.63, 3.8) is 0 Å². The highest BCUT2D eigenvalue weighted by Gasteiger charge is 2.21. The first kappa shape index (κ1) is 13.1. The first-order chi connectivity index (χ1) is 8.28. The van der Waals surface area contributed by atoms with Crippen LogP contribution >= 0.6 is 15.9 Å². The third kappa shape index (κ3) is 4.78. The molecule has 1 N–H and O–H groups in total. The molecule has 2 rings (SSSR count). The molecule has 1 saturated carbocycles. The lowest BCUT2D eigenvalue weighted by molar-refractivity contribution is 0.0382. The van der Waals surface area contributed by atoms with Crippen LogP contribution in [0, 0.1) is 0 Å². The molecular formula is C14H20BrNO. The van der Waals surface area contributed by atoms with Crippen LogP contribution in [0.1, 0.15) is 31.7 Å². The number of hydrogen-bond acceptors (Lipinski definition) is 2. The monoisotopic (exact) mass is 297 g/mol. The normalized spacial score (nSPS) is 17.1. The first-order valence-corrected chi connectivity index (χ1v) is 7.16. The van der Waals surface area contributed by atoms with Gasteiger partial charge in [-0.3, -0.25) is 0 Å². The van der Waals surface area contributed by atoms with Gasteiger partial charge in [0.15, 0.2) is 0 Å². The van der Waals surface area contributed by atoms with Gasteiger partial charge in [-0.1, -0.05) is 35.0 Å². The molecule has 94 valence electrons. The maximum absolute atomic E-state index is 5.93. The fourth-order valence-electron chi connectivity index (χ4n) is 1.75. The standard InChI is InChI=1S/C14H20BrNO/c1-2-14(9-16-13-6-7-13)17-10-11-4-3-5-12(15)8-11/h3-5,8,13-14,16H,2,6-7,9-10H2,1H3. The SMILES string of the molecule is CCC(CNC1CC1)OCc1cccc(Br)c1. The van der Waals surface area contributed by atoms with Crippen LogP contribution in [0.5, 0.6) is 0 Å². The Bertz CT molecular complexity index is 352. The zero-order valence-corrected chi connectivity index (χ0v) is 11.9. The average molecular weight is 298 g/mol. The van der Waals surface area contributed by atoms with Gasteiger partial charge in [-0.2, -0.15) is 0 Å². The first-order valence-electron chi connectivity index (χ1n) is 6.37. The summed E-state index contributed by atoms with van der Waals surface area (Å²) in [4.78, 5) is 0. The lowest BCUT2D eigenvalue weighted by atomic mass is 10.2. The van der Waals surface area contributed by atoms with Gasteiger partial charge in [-0.05, 0) is 37.0 Å². The van der Waals surface area contributed by atoms with Gasteiger partial charge in [-0.25, -0.2) is 0 Å². The second kappa shape index (κ2) is 6.53. The summed E-state index contributed by atoms with van der Waals surface area (Å²) < 4.78 is 7.04. The molecule has 1 aliphatic rings. The lowest BCUT2D eigenvalue weighted by Gasteiger charge is -2.16. The molecule has 0 bridgehead atoms. The number of hydrogen-bond donors (Lipinski definition) is 1. The van der Waals surface area contributed by atoms with Gasteiger partial charge in [0.1, 0.15) is 0 Å². The van der Waals surface area contributed by atoms with E-state index in [1.54, 1.807) is 0 Å². The van der Waals surface area contributed by atoms with Crippen LogP contribution in [0.2, 0.25) is 0 Å². The van der Waals surface area contributed by atoms with Crippen molar-refractivity contribution in [3.05, 3.63) is 34.3 Å². The van der Waals surface area contributed by atoms with E-state index in [-0.39, 0.29) is 0 Å². The summed E-state index contributed by atoms with van der Waals surface area (Å²) in [7, 11) is 0. The molecule has 0 radical (unpaired) electrons. The van der Waals surface area contributed by atoms with E-state index in [1.807, 2.05) is 12.1 Å². The van der Waals surface area contributed by atoms with Gasteiger partial charge < -0.3 is 10.1 Å². The minimum Gasteiger partial charge on any atom is -0.372 e. The van der Waals surface area contributed by atoms with E-state index in [4.69, 9.17) is 4.74 Å². The lowest BCUT2D eigenvalue weighted by Crippen LogP contribution is -2.30. The second-order valence-corrected chi connectivity index (χ2v) is 5.57. The van der Waals surface area contributed by atoms with Gasteiger partial charge in [0, 0.05) is 17.1 Å². The summed E-state index contributed by atoms with van der Waals surface area (Å²) in [5.74, 6) is 0. The van der Waals surface area contributed by atoms with Crippen LogP contribution in [-0.4, -0.2) is 18.7 Å². The van der Waals surface area contributed by atoms with Gasteiger partial charge in [0.2, 0.25) is 0 Å². The van der Waals surface area contributed by atoms with Gasteiger partial charge in [-0.15, -0.1) is 0 Å². The highest BCUT2D eigenvalue weighted by atomic mass is 79.9. The number of rotatable bonds is 7. The maximum atomic E-state index is 5.93. The zero-order chi connectivity index (χ0) is 12.1. The Balaban J connectivity index is 1.74. The highest BCUT2D eigenvalue weighted by Crippen LogP contribution is 2.19. The van der Waals surface area contributed by atoms with Gasteiger partial charge in [0.25, 0.3) is 0 Å². The summed E-state index contributed by atoms with van der Waals surface area (Å²) in [6, 6.07) is 9.06. The third-order valence-corrected chi connectivity index (χ3v) is 3.53. The molecule has 1 aromatic rings. The summed E-state index contributed by atoms with van der Waals surface area (Å²) in [6.45, 7) is 3.86.